The summed E-state index contributed by atoms with van der Waals surface area (Å²) in [6, 6.07) is 11.5. The molecule has 76 heavy (non-hydrogen) atoms. The molecule has 1 saturated carbocycles. The van der Waals surface area contributed by atoms with Gasteiger partial charge in [-0.05, 0) is 86.7 Å². The molecule has 4 fully saturated rings. The van der Waals surface area contributed by atoms with Gasteiger partial charge >= 0.3 is 6.01 Å². The van der Waals surface area contributed by atoms with Gasteiger partial charge in [0.1, 0.15) is 40.7 Å². The van der Waals surface area contributed by atoms with Crippen LogP contribution < -0.4 is 25.6 Å². The Labute approximate surface area is 444 Å². The maximum atomic E-state index is 17.2. The Morgan fingerprint density at radius 2 is 1.78 bits per heavy atom. The van der Waals surface area contributed by atoms with Crippen LogP contribution in [0.25, 0.3) is 43.4 Å². The third-order valence-electron chi connectivity index (χ3n) is 15.5. The molecule has 6 heterocycles. The summed E-state index contributed by atoms with van der Waals surface area (Å²) in [5, 5.41) is 32.2. The molecule has 10 rings (SSSR count). The third-order valence-corrected chi connectivity index (χ3v) is 16.4. The summed E-state index contributed by atoms with van der Waals surface area (Å²) >= 11 is 1.57. The molecule has 19 heteroatoms. The quantitative estimate of drug-likeness (QED) is 0.0620. The number of nitrogens with one attached hydrogen (secondary N) is 3. The molecule has 3 aliphatic heterocycles. The number of terminal acetylenes is 1. The van der Waals surface area contributed by atoms with Gasteiger partial charge in [0.15, 0.2) is 5.82 Å². The fraction of sp³-hybridized carbons (Fsp3) is 0.456. The molecule has 16 nitrogen and oxygen atoms in total. The number of hydrogen-bond donors (Lipinski definition) is 5. The van der Waals surface area contributed by atoms with Crippen molar-refractivity contribution in [1.82, 2.24) is 45.7 Å². The second-order valence-corrected chi connectivity index (χ2v) is 23.2. The van der Waals surface area contributed by atoms with Gasteiger partial charge in [0.05, 0.1) is 45.8 Å². The fourth-order valence-corrected chi connectivity index (χ4v) is 12.0. The monoisotopic (exact) mass is 1050 g/mol. The molecule has 4 aliphatic rings. The summed E-state index contributed by atoms with van der Waals surface area (Å²) in [4.78, 5) is 67.0. The predicted molar refractivity (Wildman–Crippen MR) is 288 cm³/mol. The maximum absolute atomic E-state index is 17.2. The molecule has 1 aliphatic carbocycles. The number of pyridine rings is 1. The van der Waals surface area contributed by atoms with Crippen LogP contribution in [0.1, 0.15) is 89.1 Å². The summed E-state index contributed by atoms with van der Waals surface area (Å²) in [6.07, 6.45) is 10.2. The van der Waals surface area contributed by atoms with E-state index in [9.17, 15) is 24.6 Å². The van der Waals surface area contributed by atoms with Gasteiger partial charge in [-0.1, -0.05) is 57.0 Å². The normalized spacial score (nSPS) is 20.7. The number of carbonyl (C=O) groups is 3. The molecule has 6 aromatic rings. The number of aromatic nitrogens is 4. The van der Waals surface area contributed by atoms with E-state index in [1.54, 1.807) is 11.3 Å². The summed E-state index contributed by atoms with van der Waals surface area (Å²) < 4.78 is 38.7. The second-order valence-electron chi connectivity index (χ2n) is 22.4. The molecule has 0 spiro atoms. The van der Waals surface area contributed by atoms with E-state index < -0.39 is 41.1 Å². The number of fused-ring (bicyclic) bond motifs is 4. The van der Waals surface area contributed by atoms with Gasteiger partial charge in [0.2, 0.25) is 17.7 Å². The van der Waals surface area contributed by atoms with Crippen LogP contribution >= 0.6 is 11.3 Å². The minimum absolute atomic E-state index is 0.0144. The minimum atomic E-state index is -0.975. The number of amides is 3. The molecule has 2 bridgehead atoms. The van der Waals surface area contributed by atoms with Crippen molar-refractivity contribution in [2.24, 2.45) is 10.8 Å². The van der Waals surface area contributed by atoms with E-state index in [0.29, 0.717) is 42.8 Å². The van der Waals surface area contributed by atoms with Crippen LogP contribution in [-0.2, 0) is 14.4 Å². The highest BCUT2D eigenvalue weighted by Gasteiger charge is 2.46. The van der Waals surface area contributed by atoms with Gasteiger partial charge in [-0.15, -0.1) is 17.8 Å². The molecule has 3 amide bonds. The largest absolute Gasteiger partial charge is 0.508 e. The number of aliphatic hydroxyl groups excluding tert-OH is 1. The highest BCUT2D eigenvalue weighted by molar-refractivity contribution is 7.13. The average Bonchev–Trinajstić information content (AvgIpc) is 3.61. The van der Waals surface area contributed by atoms with Gasteiger partial charge in [0.25, 0.3) is 0 Å². The predicted octanol–water partition coefficient (Wildman–Crippen LogP) is 7.03. The number of nitrogens with zero attached hydrogens (tertiary/aromatic N) is 7. The number of piperazine rings is 1. The lowest BCUT2D eigenvalue weighted by Gasteiger charge is -2.35. The lowest BCUT2D eigenvalue weighted by atomic mass is 9.85. The first-order chi connectivity index (χ1) is 36.3. The van der Waals surface area contributed by atoms with Crippen molar-refractivity contribution in [3.8, 4) is 45.8 Å². The van der Waals surface area contributed by atoms with Crippen LogP contribution in [0, 0.1) is 41.7 Å². The molecule has 398 valence electrons. The van der Waals surface area contributed by atoms with Crippen LogP contribution in [0.5, 0.6) is 11.8 Å². The number of benzene rings is 3. The average molecular weight is 1060 g/mol. The zero-order valence-electron chi connectivity index (χ0n) is 43.6. The number of rotatable bonds is 16. The summed E-state index contributed by atoms with van der Waals surface area (Å²) in [5.74, 6) is 0.0912. The third kappa shape index (κ3) is 10.8. The lowest BCUT2D eigenvalue weighted by molar-refractivity contribution is -0.144. The number of carbonyl (C=O) groups excluding carboxylic acids is 3. The van der Waals surface area contributed by atoms with E-state index in [2.05, 4.69) is 41.7 Å². The van der Waals surface area contributed by atoms with Crippen molar-refractivity contribution in [2.45, 2.75) is 109 Å². The van der Waals surface area contributed by atoms with E-state index in [0.717, 1.165) is 47.4 Å². The Hall–Kier alpha value is -6.85. The van der Waals surface area contributed by atoms with Crippen LogP contribution in [0.2, 0.25) is 0 Å². The number of phenolic OH excluding ortho intramolecular Hbond substituents is 1. The van der Waals surface area contributed by atoms with Crippen LogP contribution in [-0.4, -0.2) is 134 Å². The summed E-state index contributed by atoms with van der Waals surface area (Å²) in [6.45, 7) is 11.8. The number of phenols is 1. The van der Waals surface area contributed by atoms with Crippen LogP contribution in [0.3, 0.4) is 0 Å². The number of thiazole rings is 1. The van der Waals surface area contributed by atoms with E-state index >= 15 is 8.78 Å². The van der Waals surface area contributed by atoms with E-state index in [-0.39, 0.29) is 101 Å². The summed E-state index contributed by atoms with van der Waals surface area (Å²) in [5.41, 5.74) is 3.49. The number of aliphatic hydroxyl groups is 1. The molecule has 3 aromatic heterocycles. The molecule has 6 atom stereocenters. The number of aryl methyl sites for hydroxylation is 1. The van der Waals surface area contributed by atoms with Gasteiger partial charge in [-0.25, -0.2) is 13.8 Å². The molecule has 5 N–H and O–H groups in total. The van der Waals surface area contributed by atoms with Gasteiger partial charge < -0.3 is 45.6 Å². The molecule has 3 saturated heterocycles. The fourth-order valence-electron chi connectivity index (χ4n) is 11.2. The van der Waals surface area contributed by atoms with Crippen molar-refractivity contribution in [3.05, 3.63) is 88.7 Å². The van der Waals surface area contributed by atoms with E-state index in [1.807, 2.05) is 76.3 Å². The lowest BCUT2D eigenvalue weighted by Crippen LogP contribution is -2.58. The van der Waals surface area contributed by atoms with Crippen LogP contribution in [0.4, 0.5) is 14.6 Å². The molecule has 3 aromatic carbocycles. The number of ether oxygens (including phenoxy) is 1. The van der Waals surface area contributed by atoms with Crippen molar-refractivity contribution >= 4 is 56.6 Å². The molecule has 0 radical (unpaired) electrons. The minimum Gasteiger partial charge on any atom is -0.508 e. The summed E-state index contributed by atoms with van der Waals surface area (Å²) in [7, 11) is 1.92. The highest BCUT2D eigenvalue weighted by atomic mass is 32.1. The smallest absolute Gasteiger partial charge is 0.319 e. The number of halogens is 2. The van der Waals surface area contributed by atoms with Gasteiger partial charge in [-0.2, -0.15) is 9.97 Å². The Balaban J connectivity index is 0.797. The highest BCUT2D eigenvalue weighted by Crippen LogP contribution is 2.47. The first-order valence-electron chi connectivity index (χ1n) is 26.0. The van der Waals surface area contributed by atoms with Crippen molar-refractivity contribution in [1.29, 1.82) is 0 Å². The Bertz CT molecular complexity index is 3250. The molecular weight excluding hydrogens is 991 g/mol. The van der Waals surface area contributed by atoms with Crippen LogP contribution in [0.15, 0.2) is 60.2 Å². The standard InChI is InChI=1S/C57H64F2N10O6S/c1-8-40-43(58)16-13-35-21-38(70)22-41(46(35)40)48-47(59)49-42(24-60-48)52(68-25-36-14-15-37(26-68)63-36)66-55(65-49)75-29-57(18-19-57)28-67(7)20-17-45(72)64-51(56(4,5)6)54(74)69-27-39(71)23-44(69)53(73)62-31(2)33-9-11-34(12-10-33)50-32(3)61-30-76-50/h1,9-13,16,21-22,24,30-31,36-37,39,44,51,63,70-71H,14-15,17-20,23,25-29H2,2-7H3,(H,62,73)(H,64,72)/t31-,36?,37?,39+,44-,51+/m0/s1. The van der Waals surface area contributed by atoms with E-state index in [1.165, 1.54) is 35.4 Å². The topological polar surface area (TPSA) is 198 Å². The zero-order valence-corrected chi connectivity index (χ0v) is 44.4. The Kier molecular flexibility index (Phi) is 14.5. The van der Waals surface area contributed by atoms with Crippen molar-refractivity contribution < 1.29 is 38.1 Å². The second kappa shape index (κ2) is 20.9. The molecule has 2 unspecified atom stereocenters. The number of β-amino-alcohol motifs (C(OH)–C–C–N with tert-alkyl or cyclic N) is 1. The number of hydrogen-bond acceptors (Lipinski definition) is 14. The van der Waals surface area contributed by atoms with E-state index in [4.69, 9.17) is 16.1 Å². The first-order valence-corrected chi connectivity index (χ1v) is 26.9. The SMILES string of the molecule is C#Cc1c(F)ccc2cc(O)cc(-c3ncc4c(N5CC6CCC(C5)N6)nc(OCC5(CN(C)CCC(=O)N[C@H](C(=O)N6C[C@H](O)C[C@H]6C(=O)N[C@@H](C)c6ccc(-c7scnc7C)cc6)C(C)(C)C)CC5)nc4c3F)c12. The van der Waals surface area contributed by atoms with Gasteiger partial charge in [-0.3, -0.25) is 19.4 Å². The van der Waals surface area contributed by atoms with Crippen molar-refractivity contribution in [2.75, 3.05) is 51.3 Å². The number of aromatic hydroxyl groups is 1. The Morgan fingerprint density at radius 1 is 1.04 bits per heavy atom. The van der Waals surface area contributed by atoms with Crippen molar-refractivity contribution in [3.63, 3.8) is 0 Å². The van der Waals surface area contributed by atoms with Gasteiger partial charge in [0, 0.05) is 80.2 Å². The number of anilines is 1. The number of likely N-dealkylation sites (tertiary alicyclic amines) is 1. The molecular formula is C57H64F2N10O6S. The zero-order chi connectivity index (χ0) is 53.8. The first kappa shape index (κ1) is 52.6. The maximum Gasteiger partial charge on any atom is 0.319 e. The Morgan fingerprint density at radius 3 is 2.45 bits per heavy atom.